The van der Waals surface area contributed by atoms with Gasteiger partial charge in [-0.15, -0.1) is 0 Å². The lowest BCUT2D eigenvalue weighted by molar-refractivity contribution is 0.0691. The second-order valence-corrected chi connectivity index (χ2v) is 3.52. The van der Waals surface area contributed by atoms with Crippen LogP contribution in [-0.4, -0.2) is 36.2 Å². The van der Waals surface area contributed by atoms with E-state index < -0.39 is 5.97 Å². The molecule has 0 aliphatic carbocycles. The normalized spacial score (nSPS) is 17.9. The predicted octanol–water partition coefficient (Wildman–Crippen LogP) is 0.513. The summed E-state index contributed by atoms with van der Waals surface area (Å²) in [6.45, 7) is 1.08. The van der Waals surface area contributed by atoms with Crippen LogP contribution in [0.5, 0.6) is 0 Å². The van der Waals surface area contributed by atoms with Crippen molar-refractivity contribution in [3.8, 4) is 0 Å². The van der Waals surface area contributed by atoms with Gasteiger partial charge in [-0.3, -0.25) is 4.79 Å². The molecule has 16 heavy (non-hydrogen) atoms. The Morgan fingerprint density at radius 2 is 2.00 bits per heavy atom. The van der Waals surface area contributed by atoms with E-state index in [9.17, 15) is 9.59 Å². The molecule has 1 fully saturated rings. The summed E-state index contributed by atoms with van der Waals surface area (Å²) in [4.78, 5) is 22.5. The molecule has 1 amide bonds. The fraction of sp³-hybridized carbons (Fsp3) is 0.273. The highest BCUT2D eigenvalue weighted by Crippen LogP contribution is 2.10. The first-order valence-corrected chi connectivity index (χ1v) is 4.90. The van der Waals surface area contributed by atoms with Gasteiger partial charge >= 0.3 is 5.97 Å². The van der Waals surface area contributed by atoms with Crippen LogP contribution in [-0.2, 0) is 4.74 Å². The van der Waals surface area contributed by atoms with Gasteiger partial charge in [0.05, 0.1) is 23.8 Å². The summed E-state index contributed by atoms with van der Waals surface area (Å²) in [5, 5.41) is 11.5. The SMILES string of the molecule is O=C(O)c1ccccc1C(=O)NC[C@H]1CO1. The number of carbonyl (C=O) groups excluding carboxylic acids is 1. The number of benzene rings is 1. The number of carboxylic acid groups (broad SMARTS) is 1. The first-order valence-electron chi connectivity index (χ1n) is 4.90. The fourth-order valence-electron chi connectivity index (χ4n) is 1.36. The zero-order valence-electron chi connectivity index (χ0n) is 8.47. The molecule has 0 spiro atoms. The molecule has 5 heteroatoms. The Kier molecular flexibility index (Phi) is 2.87. The maximum absolute atomic E-state index is 11.7. The van der Waals surface area contributed by atoms with Crippen LogP contribution in [0.4, 0.5) is 0 Å². The van der Waals surface area contributed by atoms with Gasteiger partial charge in [-0.05, 0) is 12.1 Å². The monoisotopic (exact) mass is 221 g/mol. The Hall–Kier alpha value is -1.88. The minimum Gasteiger partial charge on any atom is -0.478 e. The van der Waals surface area contributed by atoms with Crippen molar-refractivity contribution in [1.29, 1.82) is 0 Å². The number of rotatable bonds is 4. The van der Waals surface area contributed by atoms with Gasteiger partial charge in [-0.1, -0.05) is 12.1 Å². The number of aromatic carboxylic acids is 1. The average molecular weight is 221 g/mol. The molecule has 0 unspecified atom stereocenters. The standard InChI is InChI=1S/C11H11NO4/c13-10(12-5-7-6-16-7)8-3-1-2-4-9(8)11(14)15/h1-4,7H,5-6H2,(H,12,13)(H,14,15)/t7-/m0/s1. The zero-order valence-corrected chi connectivity index (χ0v) is 8.47. The molecule has 1 aromatic carbocycles. The molecule has 0 radical (unpaired) electrons. The lowest BCUT2D eigenvalue weighted by atomic mass is 10.1. The summed E-state index contributed by atoms with van der Waals surface area (Å²) in [5.74, 6) is -1.48. The van der Waals surface area contributed by atoms with Gasteiger partial charge in [0.25, 0.3) is 5.91 Å². The van der Waals surface area contributed by atoms with E-state index >= 15 is 0 Å². The van der Waals surface area contributed by atoms with Gasteiger partial charge in [0, 0.05) is 6.54 Å². The minimum atomic E-state index is -1.10. The number of carbonyl (C=O) groups is 2. The lowest BCUT2D eigenvalue weighted by Gasteiger charge is -2.05. The Bertz CT molecular complexity index is 426. The van der Waals surface area contributed by atoms with Crippen LogP contribution in [0.3, 0.4) is 0 Å². The van der Waals surface area contributed by atoms with Crippen molar-refractivity contribution in [2.75, 3.05) is 13.2 Å². The molecule has 1 aromatic rings. The first-order chi connectivity index (χ1) is 7.68. The van der Waals surface area contributed by atoms with Crippen LogP contribution in [0.25, 0.3) is 0 Å². The number of hydrogen-bond donors (Lipinski definition) is 2. The maximum Gasteiger partial charge on any atom is 0.336 e. The highest BCUT2D eigenvalue weighted by Gasteiger charge is 2.24. The van der Waals surface area contributed by atoms with Gasteiger partial charge in [0.2, 0.25) is 0 Å². The number of ether oxygens (including phenoxy) is 1. The topological polar surface area (TPSA) is 78.9 Å². The molecule has 0 aromatic heterocycles. The molecular weight excluding hydrogens is 210 g/mol. The largest absolute Gasteiger partial charge is 0.478 e. The van der Waals surface area contributed by atoms with Crippen molar-refractivity contribution in [3.05, 3.63) is 35.4 Å². The molecule has 1 aliphatic rings. The van der Waals surface area contributed by atoms with E-state index in [-0.39, 0.29) is 23.1 Å². The second-order valence-electron chi connectivity index (χ2n) is 3.52. The van der Waals surface area contributed by atoms with Gasteiger partial charge < -0.3 is 15.2 Å². The summed E-state index contributed by atoms with van der Waals surface area (Å²) >= 11 is 0. The Morgan fingerprint density at radius 1 is 1.38 bits per heavy atom. The quantitative estimate of drug-likeness (QED) is 0.726. The number of hydrogen-bond acceptors (Lipinski definition) is 3. The van der Waals surface area contributed by atoms with E-state index in [1.807, 2.05) is 0 Å². The number of amides is 1. The van der Waals surface area contributed by atoms with Crippen molar-refractivity contribution >= 4 is 11.9 Å². The van der Waals surface area contributed by atoms with E-state index in [0.717, 1.165) is 0 Å². The molecule has 5 nitrogen and oxygen atoms in total. The van der Waals surface area contributed by atoms with E-state index in [0.29, 0.717) is 13.2 Å². The van der Waals surface area contributed by atoms with Crippen molar-refractivity contribution in [2.45, 2.75) is 6.10 Å². The molecule has 1 atom stereocenters. The molecular formula is C11H11NO4. The molecule has 1 saturated heterocycles. The maximum atomic E-state index is 11.7. The smallest absolute Gasteiger partial charge is 0.336 e. The molecule has 2 N–H and O–H groups in total. The second kappa shape index (κ2) is 4.32. The van der Waals surface area contributed by atoms with Gasteiger partial charge in [-0.2, -0.15) is 0 Å². The number of carboxylic acids is 1. The zero-order chi connectivity index (χ0) is 11.5. The molecule has 84 valence electrons. The molecule has 0 saturated carbocycles. The summed E-state index contributed by atoms with van der Waals surface area (Å²) in [5.41, 5.74) is 0.187. The molecule has 2 rings (SSSR count). The Morgan fingerprint density at radius 3 is 2.56 bits per heavy atom. The average Bonchev–Trinajstić information content (AvgIpc) is 3.09. The van der Waals surface area contributed by atoms with Crippen molar-refractivity contribution in [3.63, 3.8) is 0 Å². The summed E-state index contributed by atoms with van der Waals surface area (Å²) in [6, 6.07) is 6.12. The fourth-order valence-corrected chi connectivity index (χ4v) is 1.36. The van der Waals surface area contributed by atoms with Crippen LogP contribution < -0.4 is 5.32 Å². The Labute approximate surface area is 92.0 Å². The van der Waals surface area contributed by atoms with Crippen LogP contribution in [0, 0.1) is 0 Å². The summed E-state index contributed by atoms with van der Waals surface area (Å²) in [7, 11) is 0. The molecule has 1 heterocycles. The summed E-state index contributed by atoms with van der Waals surface area (Å²) < 4.78 is 4.94. The van der Waals surface area contributed by atoms with E-state index in [1.165, 1.54) is 12.1 Å². The van der Waals surface area contributed by atoms with Crippen molar-refractivity contribution in [1.82, 2.24) is 5.32 Å². The third kappa shape index (κ3) is 2.38. The van der Waals surface area contributed by atoms with Crippen molar-refractivity contribution < 1.29 is 19.4 Å². The third-order valence-corrected chi connectivity index (χ3v) is 2.29. The van der Waals surface area contributed by atoms with Crippen LogP contribution in [0.15, 0.2) is 24.3 Å². The molecule has 1 aliphatic heterocycles. The third-order valence-electron chi connectivity index (χ3n) is 2.29. The highest BCUT2D eigenvalue weighted by molar-refractivity contribution is 6.04. The van der Waals surface area contributed by atoms with E-state index in [2.05, 4.69) is 5.32 Å². The lowest BCUT2D eigenvalue weighted by Crippen LogP contribution is -2.28. The van der Waals surface area contributed by atoms with E-state index in [1.54, 1.807) is 12.1 Å². The minimum absolute atomic E-state index is 0.0108. The van der Waals surface area contributed by atoms with Gasteiger partial charge in [0.15, 0.2) is 0 Å². The van der Waals surface area contributed by atoms with Crippen molar-refractivity contribution in [2.24, 2.45) is 0 Å². The van der Waals surface area contributed by atoms with Gasteiger partial charge in [-0.25, -0.2) is 4.79 Å². The number of epoxide rings is 1. The van der Waals surface area contributed by atoms with Crippen LogP contribution >= 0.6 is 0 Å². The predicted molar refractivity (Wildman–Crippen MR) is 55.5 cm³/mol. The molecule has 0 bridgehead atoms. The summed E-state index contributed by atoms with van der Waals surface area (Å²) in [6.07, 6.45) is 0.0842. The first kappa shape index (κ1) is 10.6. The number of nitrogens with one attached hydrogen (secondary N) is 1. The van der Waals surface area contributed by atoms with E-state index in [4.69, 9.17) is 9.84 Å². The Balaban J connectivity index is 2.11. The van der Waals surface area contributed by atoms with Gasteiger partial charge in [0.1, 0.15) is 0 Å². The highest BCUT2D eigenvalue weighted by atomic mass is 16.6. The van der Waals surface area contributed by atoms with Crippen LogP contribution in [0.2, 0.25) is 0 Å². The van der Waals surface area contributed by atoms with Crippen LogP contribution in [0.1, 0.15) is 20.7 Å².